The lowest BCUT2D eigenvalue weighted by atomic mass is 9.98. The van der Waals surface area contributed by atoms with E-state index in [0.29, 0.717) is 22.6 Å². The van der Waals surface area contributed by atoms with Crippen LogP contribution in [0, 0.1) is 24.5 Å². The third kappa shape index (κ3) is 4.68. The lowest BCUT2D eigenvalue weighted by molar-refractivity contribution is 1.16. The highest BCUT2D eigenvalue weighted by molar-refractivity contribution is 6.13. The molecule has 0 amide bonds. The van der Waals surface area contributed by atoms with Gasteiger partial charge in [-0.05, 0) is 83.9 Å². The Morgan fingerprint density at radius 1 is 0.421 bits per heavy atom. The molecule has 0 bridgehead atoms. The third-order valence-electron chi connectivity index (χ3n) is 11.3. The summed E-state index contributed by atoms with van der Waals surface area (Å²) in [6.45, 7) is 15.9. The molecular weight excluding hydrogens is 697 g/mol. The van der Waals surface area contributed by atoms with Gasteiger partial charge in [-0.2, -0.15) is 5.26 Å². The zero-order valence-corrected chi connectivity index (χ0v) is 30.3. The molecule has 0 unspecified atom stereocenters. The highest BCUT2D eigenvalue weighted by atomic mass is 15.0. The Morgan fingerprint density at radius 2 is 0.930 bits per heavy atom. The summed E-state index contributed by atoms with van der Waals surface area (Å²) < 4.78 is 6.64. The summed E-state index contributed by atoms with van der Waals surface area (Å²) in [5.74, 6) is 0. The van der Waals surface area contributed by atoms with Crippen LogP contribution in [-0.4, -0.2) is 13.7 Å². The molecule has 57 heavy (non-hydrogen) atoms. The van der Waals surface area contributed by atoms with Gasteiger partial charge in [0.15, 0.2) is 5.69 Å². The van der Waals surface area contributed by atoms with E-state index in [4.69, 9.17) is 13.1 Å². The smallest absolute Gasteiger partial charge is 0.211 e. The lowest BCUT2D eigenvalue weighted by Crippen LogP contribution is -1.97. The van der Waals surface area contributed by atoms with E-state index in [9.17, 15) is 5.26 Å². The maximum Gasteiger partial charge on any atom is 0.211 e. The fourth-order valence-electron chi connectivity index (χ4n) is 8.83. The van der Waals surface area contributed by atoms with Crippen molar-refractivity contribution in [2.24, 2.45) is 0 Å². The van der Waals surface area contributed by atoms with Gasteiger partial charge in [0.1, 0.15) is 0 Å². The normalized spacial score (nSPS) is 11.5. The van der Waals surface area contributed by atoms with Crippen LogP contribution < -0.4 is 0 Å². The van der Waals surface area contributed by atoms with Crippen molar-refractivity contribution in [1.82, 2.24) is 13.7 Å². The topological polar surface area (TPSA) is 47.3 Å². The second-order valence-electron chi connectivity index (χ2n) is 14.2. The number of para-hydroxylation sites is 4. The summed E-state index contributed by atoms with van der Waals surface area (Å²) >= 11 is 0. The van der Waals surface area contributed by atoms with Crippen molar-refractivity contribution in [3.05, 3.63) is 198 Å². The van der Waals surface area contributed by atoms with Crippen LogP contribution in [0.2, 0.25) is 0 Å². The number of benzene rings is 8. The number of nitrogens with zero attached hydrogens (tertiary/aromatic N) is 6. The van der Waals surface area contributed by atoms with E-state index in [0.717, 1.165) is 87.9 Å². The first-order valence-electron chi connectivity index (χ1n) is 18.6. The van der Waals surface area contributed by atoms with Gasteiger partial charge in [0.05, 0.1) is 58.0 Å². The van der Waals surface area contributed by atoms with E-state index in [2.05, 4.69) is 139 Å². The van der Waals surface area contributed by atoms with Crippen molar-refractivity contribution >= 4 is 76.8 Å². The molecule has 8 aromatic carbocycles. The largest absolute Gasteiger partial charge is 0.319 e. The number of aromatic nitrogens is 3. The van der Waals surface area contributed by atoms with Crippen LogP contribution in [-0.2, 0) is 0 Å². The summed E-state index contributed by atoms with van der Waals surface area (Å²) in [5, 5.41) is 17.2. The number of hydrogen-bond donors (Lipinski definition) is 0. The molecule has 0 saturated carbocycles. The lowest BCUT2D eigenvalue weighted by Gasteiger charge is -2.14. The standard InChI is InChI=1S/C51H28N6/c1-53-34-21-25-41-39-13-3-7-15-45(39)56(50(41)28-34)36-24-26-49-43(29-36)40-14-6-8-16-46(40)55(49)35-22-19-32(20-23-35)42-30-44(54-2)51(27-33(42)31-52)57-47-17-9-4-11-37(47)38-12-5-10-18-48(38)57/h3-30H. The second-order valence-corrected chi connectivity index (χ2v) is 14.2. The first-order valence-corrected chi connectivity index (χ1v) is 18.6. The fourth-order valence-corrected chi connectivity index (χ4v) is 8.83. The first kappa shape index (κ1) is 32.1. The number of rotatable bonds is 4. The van der Waals surface area contributed by atoms with E-state index in [1.165, 1.54) is 0 Å². The second kappa shape index (κ2) is 12.3. The molecule has 262 valence electrons. The molecule has 0 saturated heterocycles. The maximum atomic E-state index is 10.5. The summed E-state index contributed by atoms with van der Waals surface area (Å²) in [6.07, 6.45) is 0. The Hall–Kier alpha value is -8.37. The first-order chi connectivity index (χ1) is 28.1. The van der Waals surface area contributed by atoms with E-state index in [-0.39, 0.29) is 0 Å². The highest BCUT2D eigenvalue weighted by Crippen LogP contribution is 2.41. The molecule has 0 N–H and O–H groups in total. The minimum absolute atomic E-state index is 0.478. The van der Waals surface area contributed by atoms with Crippen LogP contribution in [0.1, 0.15) is 5.56 Å². The number of fused-ring (bicyclic) bond motifs is 9. The van der Waals surface area contributed by atoms with Crippen LogP contribution in [0.25, 0.3) is 103 Å². The van der Waals surface area contributed by atoms with Gasteiger partial charge in [-0.1, -0.05) is 97.1 Å². The van der Waals surface area contributed by atoms with Gasteiger partial charge < -0.3 is 13.7 Å². The molecule has 0 fully saturated rings. The molecule has 0 atom stereocenters. The zero-order chi connectivity index (χ0) is 38.2. The average molecular weight is 725 g/mol. The predicted molar refractivity (Wildman–Crippen MR) is 232 cm³/mol. The van der Waals surface area contributed by atoms with Crippen molar-refractivity contribution in [3.63, 3.8) is 0 Å². The molecule has 3 aromatic heterocycles. The molecule has 0 radical (unpaired) electrons. The minimum atomic E-state index is 0.478. The van der Waals surface area contributed by atoms with E-state index in [1.807, 2.05) is 60.7 Å². The van der Waals surface area contributed by atoms with E-state index < -0.39 is 0 Å². The molecular formula is C51H28N6. The molecule has 0 aliphatic carbocycles. The van der Waals surface area contributed by atoms with E-state index in [1.54, 1.807) is 0 Å². The van der Waals surface area contributed by atoms with E-state index >= 15 is 0 Å². The molecule has 11 rings (SSSR count). The van der Waals surface area contributed by atoms with Gasteiger partial charge in [0, 0.05) is 49.2 Å². The van der Waals surface area contributed by atoms with Crippen molar-refractivity contribution in [2.45, 2.75) is 0 Å². The Morgan fingerprint density at radius 3 is 1.51 bits per heavy atom. The maximum absolute atomic E-state index is 10.5. The average Bonchev–Trinajstić information content (AvgIpc) is 3.91. The molecule has 0 spiro atoms. The Kier molecular flexibility index (Phi) is 6.95. The Balaban J connectivity index is 1.04. The van der Waals surface area contributed by atoms with Crippen molar-refractivity contribution in [3.8, 4) is 34.3 Å². The van der Waals surface area contributed by atoms with Gasteiger partial charge >= 0.3 is 0 Å². The van der Waals surface area contributed by atoms with Gasteiger partial charge in [-0.25, -0.2) is 9.69 Å². The zero-order valence-electron chi connectivity index (χ0n) is 30.3. The third-order valence-corrected chi connectivity index (χ3v) is 11.3. The summed E-state index contributed by atoms with van der Waals surface area (Å²) in [4.78, 5) is 7.73. The van der Waals surface area contributed by atoms with Crippen LogP contribution in [0.4, 0.5) is 11.4 Å². The van der Waals surface area contributed by atoms with Gasteiger partial charge in [0.2, 0.25) is 5.69 Å². The van der Waals surface area contributed by atoms with Crippen molar-refractivity contribution in [1.29, 1.82) is 5.26 Å². The molecule has 11 aromatic rings. The summed E-state index contributed by atoms with van der Waals surface area (Å²) in [7, 11) is 0. The number of nitriles is 1. The van der Waals surface area contributed by atoms with Gasteiger partial charge in [0.25, 0.3) is 0 Å². The molecule has 3 heterocycles. The van der Waals surface area contributed by atoms with Crippen LogP contribution in [0.5, 0.6) is 0 Å². The quantitative estimate of drug-likeness (QED) is 0.167. The number of hydrogen-bond acceptors (Lipinski definition) is 1. The van der Waals surface area contributed by atoms with Gasteiger partial charge in [-0.3, -0.25) is 0 Å². The SMILES string of the molecule is [C-]#[N+]c1ccc2c3ccccc3n(-c3ccc4c(c3)c3ccccc3n4-c3ccc(-c4cc([N+]#[C-])c(-n5c6ccccc6c6ccccc65)cc4C#N)cc3)c2c1. The van der Waals surface area contributed by atoms with Crippen LogP contribution in [0.15, 0.2) is 170 Å². The molecule has 6 nitrogen and oxygen atoms in total. The monoisotopic (exact) mass is 724 g/mol. The fraction of sp³-hybridized carbons (Fsp3) is 0. The van der Waals surface area contributed by atoms with Crippen LogP contribution in [0.3, 0.4) is 0 Å². The molecule has 6 heteroatoms. The van der Waals surface area contributed by atoms with Crippen molar-refractivity contribution < 1.29 is 0 Å². The Bertz CT molecular complexity index is 3560. The Labute approximate surface area is 327 Å². The predicted octanol–water partition coefficient (Wildman–Crippen LogP) is 13.6. The summed E-state index contributed by atoms with van der Waals surface area (Å²) in [5.41, 5.74) is 12.1. The molecule has 0 aliphatic heterocycles. The van der Waals surface area contributed by atoms with Crippen LogP contribution >= 0.6 is 0 Å². The summed E-state index contributed by atoms with van der Waals surface area (Å²) in [6, 6.07) is 60.2. The minimum Gasteiger partial charge on any atom is -0.319 e. The van der Waals surface area contributed by atoms with Crippen molar-refractivity contribution in [2.75, 3.05) is 0 Å². The molecule has 0 aliphatic rings. The van der Waals surface area contributed by atoms with Gasteiger partial charge in [-0.15, -0.1) is 0 Å². The highest BCUT2D eigenvalue weighted by Gasteiger charge is 2.20.